The molecule has 0 N–H and O–H groups in total. The van der Waals surface area contributed by atoms with Crippen molar-refractivity contribution in [3.63, 3.8) is 0 Å². The Balaban J connectivity index is 2.57. The molecule has 80 valence electrons. The van der Waals surface area contributed by atoms with Crippen LogP contribution in [0.15, 0.2) is 41.4 Å². The second-order valence-corrected chi connectivity index (χ2v) is 4.28. The van der Waals surface area contributed by atoms with E-state index in [9.17, 15) is 4.79 Å². The molecule has 0 fully saturated rings. The van der Waals surface area contributed by atoms with Gasteiger partial charge < -0.3 is 4.90 Å². The maximum atomic E-state index is 11.5. The van der Waals surface area contributed by atoms with Crippen LogP contribution in [0.4, 0.5) is 0 Å². The summed E-state index contributed by atoms with van der Waals surface area (Å²) in [5.74, 6) is 0.0907. The van der Waals surface area contributed by atoms with Crippen LogP contribution in [0.2, 0.25) is 0 Å². The van der Waals surface area contributed by atoms with Gasteiger partial charge in [0.25, 0.3) is 0 Å². The topological polar surface area (TPSA) is 20.3 Å². The van der Waals surface area contributed by atoms with Crippen molar-refractivity contribution >= 4 is 21.8 Å². The molecule has 1 aromatic rings. The molecular formula is C12H14BrNO. The average Bonchev–Trinajstić information content (AvgIpc) is 2.22. The highest BCUT2D eigenvalue weighted by atomic mass is 79.9. The predicted octanol–water partition coefficient (Wildman–Crippen LogP) is 2.98. The van der Waals surface area contributed by atoms with Crippen molar-refractivity contribution in [2.24, 2.45) is 0 Å². The van der Waals surface area contributed by atoms with Gasteiger partial charge in [-0.1, -0.05) is 34.1 Å². The van der Waals surface area contributed by atoms with Crippen molar-refractivity contribution in [2.75, 3.05) is 7.05 Å². The fourth-order valence-corrected chi connectivity index (χ4v) is 1.50. The van der Waals surface area contributed by atoms with Gasteiger partial charge in [0.1, 0.15) is 0 Å². The van der Waals surface area contributed by atoms with Crippen molar-refractivity contribution < 1.29 is 4.79 Å². The molecule has 0 bridgehead atoms. The minimum atomic E-state index is 0.0907. The lowest BCUT2D eigenvalue weighted by Crippen LogP contribution is -2.25. The fraction of sp³-hybridized carbons (Fsp3) is 0.250. The fourth-order valence-electron chi connectivity index (χ4n) is 1.23. The zero-order valence-corrected chi connectivity index (χ0v) is 10.3. The standard InChI is InChI=1S/C12H14BrNO/c1-3-4-12(15)14(2)9-10-5-7-11(13)8-6-10/h3,5-8H,1,4,9H2,2H3. The van der Waals surface area contributed by atoms with Gasteiger partial charge in [0.2, 0.25) is 5.91 Å². The number of nitrogens with zero attached hydrogens (tertiary/aromatic N) is 1. The normalized spacial score (nSPS) is 9.73. The van der Waals surface area contributed by atoms with E-state index in [1.54, 1.807) is 18.0 Å². The molecule has 0 radical (unpaired) electrons. The maximum Gasteiger partial charge on any atom is 0.226 e. The van der Waals surface area contributed by atoms with Crippen molar-refractivity contribution in [2.45, 2.75) is 13.0 Å². The van der Waals surface area contributed by atoms with Crippen molar-refractivity contribution in [3.8, 4) is 0 Å². The van der Waals surface area contributed by atoms with Crippen LogP contribution in [0.5, 0.6) is 0 Å². The summed E-state index contributed by atoms with van der Waals surface area (Å²) >= 11 is 3.37. The molecule has 1 aromatic carbocycles. The summed E-state index contributed by atoms with van der Waals surface area (Å²) in [5, 5.41) is 0. The van der Waals surface area contributed by atoms with Crippen molar-refractivity contribution in [3.05, 3.63) is 47.0 Å². The second kappa shape index (κ2) is 5.71. The molecular weight excluding hydrogens is 254 g/mol. The molecule has 0 aliphatic rings. The number of carbonyl (C=O) groups excluding carboxylic acids is 1. The van der Waals surface area contributed by atoms with Crippen LogP contribution >= 0.6 is 15.9 Å². The van der Waals surface area contributed by atoms with E-state index in [1.165, 1.54) is 0 Å². The van der Waals surface area contributed by atoms with E-state index in [0.29, 0.717) is 13.0 Å². The first-order valence-electron chi connectivity index (χ1n) is 4.73. The van der Waals surface area contributed by atoms with Gasteiger partial charge in [-0.2, -0.15) is 0 Å². The van der Waals surface area contributed by atoms with E-state index in [1.807, 2.05) is 24.3 Å². The lowest BCUT2D eigenvalue weighted by molar-refractivity contribution is -0.129. The average molecular weight is 268 g/mol. The Morgan fingerprint density at radius 3 is 2.60 bits per heavy atom. The van der Waals surface area contributed by atoms with Crippen molar-refractivity contribution in [1.82, 2.24) is 4.90 Å². The van der Waals surface area contributed by atoms with Crippen LogP contribution in [-0.2, 0) is 11.3 Å². The second-order valence-electron chi connectivity index (χ2n) is 3.37. The molecule has 0 saturated heterocycles. The summed E-state index contributed by atoms with van der Waals surface area (Å²) in [4.78, 5) is 13.2. The number of amides is 1. The number of carbonyl (C=O) groups is 1. The molecule has 0 aliphatic heterocycles. The lowest BCUT2D eigenvalue weighted by Gasteiger charge is -2.16. The van der Waals surface area contributed by atoms with E-state index >= 15 is 0 Å². The molecule has 0 atom stereocenters. The van der Waals surface area contributed by atoms with Gasteiger partial charge in [0.05, 0.1) is 0 Å². The Bertz CT molecular complexity index is 345. The molecule has 0 aromatic heterocycles. The third-order valence-corrected chi connectivity index (χ3v) is 2.61. The molecule has 0 saturated carbocycles. The van der Waals surface area contributed by atoms with Gasteiger partial charge in [0.15, 0.2) is 0 Å². The Hall–Kier alpha value is -1.09. The quantitative estimate of drug-likeness (QED) is 0.769. The van der Waals surface area contributed by atoms with E-state index < -0.39 is 0 Å². The molecule has 1 amide bonds. The molecule has 0 unspecified atom stereocenters. The monoisotopic (exact) mass is 267 g/mol. The minimum Gasteiger partial charge on any atom is -0.341 e. The van der Waals surface area contributed by atoms with Gasteiger partial charge in [-0.15, -0.1) is 6.58 Å². The third-order valence-electron chi connectivity index (χ3n) is 2.08. The van der Waals surface area contributed by atoms with Gasteiger partial charge in [-0.25, -0.2) is 0 Å². The largest absolute Gasteiger partial charge is 0.341 e. The molecule has 3 heteroatoms. The summed E-state index contributed by atoms with van der Waals surface area (Å²) in [7, 11) is 1.80. The molecule has 0 spiro atoms. The Kier molecular flexibility index (Phi) is 4.56. The van der Waals surface area contributed by atoms with Crippen molar-refractivity contribution in [1.29, 1.82) is 0 Å². The van der Waals surface area contributed by atoms with Gasteiger partial charge in [-0.05, 0) is 17.7 Å². The number of benzene rings is 1. The van der Waals surface area contributed by atoms with E-state index in [2.05, 4.69) is 22.5 Å². The van der Waals surface area contributed by atoms with Crippen LogP contribution in [0.25, 0.3) is 0 Å². The molecule has 0 heterocycles. The number of rotatable bonds is 4. The highest BCUT2D eigenvalue weighted by Gasteiger charge is 2.06. The van der Waals surface area contributed by atoms with E-state index in [4.69, 9.17) is 0 Å². The first-order valence-corrected chi connectivity index (χ1v) is 5.52. The summed E-state index contributed by atoms with van der Waals surface area (Å²) in [6.07, 6.45) is 2.02. The minimum absolute atomic E-state index is 0.0907. The van der Waals surface area contributed by atoms with Crippen LogP contribution in [0.1, 0.15) is 12.0 Å². The molecule has 15 heavy (non-hydrogen) atoms. The Morgan fingerprint density at radius 1 is 1.47 bits per heavy atom. The van der Waals surface area contributed by atoms with Gasteiger partial charge >= 0.3 is 0 Å². The van der Waals surface area contributed by atoms with Gasteiger partial charge in [-0.3, -0.25) is 4.79 Å². The van der Waals surface area contributed by atoms with Crippen LogP contribution < -0.4 is 0 Å². The lowest BCUT2D eigenvalue weighted by atomic mass is 10.2. The number of hydrogen-bond donors (Lipinski definition) is 0. The Morgan fingerprint density at radius 2 is 2.07 bits per heavy atom. The van der Waals surface area contributed by atoms with Crippen LogP contribution in [0.3, 0.4) is 0 Å². The molecule has 1 rings (SSSR count). The molecule has 2 nitrogen and oxygen atoms in total. The summed E-state index contributed by atoms with van der Waals surface area (Å²) in [6.45, 7) is 4.19. The zero-order chi connectivity index (χ0) is 11.3. The maximum absolute atomic E-state index is 11.5. The highest BCUT2D eigenvalue weighted by Crippen LogP contribution is 2.12. The highest BCUT2D eigenvalue weighted by molar-refractivity contribution is 9.10. The molecule has 0 aliphatic carbocycles. The predicted molar refractivity (Wildman–Crippen MR) is 65.4 cm³/mol. The SMILES string of the molecule is C=CCC(=O)N(C)Cc1ccc(Br)cc1. The first kappa shape index (κ1) is 12.0. The Labute approximate surface area is 98.7 Å². The number of hydrogen-bond acceptors (Lipinski definition) is 1. The third kappa shape index (κ3) is 3.88. The smallest absolute Gasteiger partial charge is 0.226 e. The van der Waals surface area contributed by atoms with E-state index in [0.717, 1.165) is 10.0 Å². The van der Waals surface area contributed by atoms with E-state index in [-0.39, 0.29) is 5.91 Å². The summed E-state index contributed by atoms with van der Waals surface area (Å²) < 4.78 is 1.05. The van der Waals surface area contributed by atoms with Crippen LogP contribution in [0, 0.1) is 0 Å². The summed E-state index contributed by atoms with van der Waals surface area (Å²) in [6, 6.07) is 7.95. The van der Waals surface area contributed by atoms with Gasteiger partial charge in [0, 0.05) is 24.5 Å². The summed E-state index contributed by atoms with van der Waals surface area (Å²) in [5.41, 5.74) is 1.12. The van der Waals surface area contributed by atoms with Crippen LogP contribution in [-0.4, -0.2) is 17.9 Å². The first-order chi connectivity index (χ1) is 7.13. The zero-order valence-electron chi connectivity index (χ0n) is 8.74. The number of halogens is 1.